The number of hydrogen-bond acceptors (Lipinski definition) is 6. The summed E-state index contributed by atoms with van der Waals surface area (Å²) >= 11 is 0. The highest BCUT2D eigenvalue weighted by molar-refractivity contribution is 5.95. The van der Waals surface area contributed by atoms with Gasteiger partial charge in [0.15, 0.2) is 17.2 Å². The molecule has 0 unspecified atom stereocenters. The lowest BCUT2D eigenvalue weighted by atomic mass is 10.1. The molecule has 1 aromatic rings. The minimum absolute atomic E-state index is 0.00294. The standard InChI is InChI=1S/C34H49N3O5/c1-3-4-5-6-7-8-9-10-11-12-13-14-15-16-17-18-19-20-21-22-32(40)35-23-25-37(2)26-24-36-34(42)29-27-30(38)33(41)31(39)28-29/h4-5,7-8,10-11,13-14,16-17,19-20,27-28,38-39,41H,3,6,9,12,15,18,21-26H2,1-2H3,(H,35,40)(H,36,42). The average Bonchev–Trinajstić information content (AvgIpc) is 2.96. The van der Waals surface area contributed by atoms with Crippen molar-refractivity contribution >= 4 is 11.8 Å². The Balaban J connectivity index is 2.03. The van der Waals surface area contributed by atoms with Crippen LogP contribution in [0.5, 0.6) is 17.2 Å². The zero-order valence-electron chi connectivity index (χ0n) is 25.2. The van der Waals surface area contributed by atoms with E-state index in [4.69, 9.17) is 0 Å². The molecule has 8 heteroatoms. The molecule has 8 nitrogen and oxygen atoms in total. The maximum atomic E-state index is 12.1. The van der Waals surface area contributed by atoms with Gasteiger partial charge >= 0.3 is 0 Å². The molecule has 0 bridgehead atoms. The molecule has 2 amide bonds. The third-order valence-electron chi connectivity index (χ3n) is 6.06. The van der Waals surface area contributed by atoms with Gasteiger partial charge in [-0.15, -0.1) is 0 Å². The molecule has 1 rings (SSSR count). The lowest BCUT2D eigenvalue weighted by Crippen LogP contribution is -2.37. The van der Waals surface area contributed by atoms with Crippen LogP contribution in [0.3, 0.4) is 0 Å². The minimum Gasteiger partial charge on any atom is -0.504 e. The third kappa shape index (κ3) is 18.3. The molecule has 0 aliphatic heterocycles. The van der Waals surface area contributed by atoms with E-state index in [0.29, 0.717) is 39.0 Å². The van der Waals surface area contributed by atoms with Gasteiger partial charge in [-0.25, -0.2) is 0 Å². The highest BCUT2D eigenvalue weighted by Gasteiger charge is 2.13. The first-order valence-corrected chi connectivity index (χ1v) is 14.7. The summed E-state index contributed by atoms with van der Waals surface area (Å²) in [7, 11) is 1.88. The van der Waals surface area contributed by atoms with Crippen molar-refractivity contribution in [2.75, 3.05) is 33.2 Å². The number of rotatable bonds is 21. The van der Waals surface area contributed by atoms with Crippen LogP contribution in [0.15, 0.2) is 85.0 Å². The fourth-order valence-electron chi connectivity index (χ4n) is 3.64. The van der Waals surface area contributed by atoms with Gasteiger partial charge in [0.05, 0.1) is 0 Å². The van der Waals surface area contributed by atoms with Crippen molar-refractivity contribution in [2.45, 2.75) is 58.3 Å². The number of amides is 2. The van der Waals surface area contributed by atoms with Crippen LogP contribution in [0.4, 0.5) is 0 Å². The second kappa shape index (κ2) is 23.6. The van der Waals surface area contributed by atoms with Gasteiger partial charge in [-0.1, -0.05) is 79.8 Å². The molecular weight excluding hydrogens is 530 g/mol. The number of hydrogen-bond donors (Lipinski definition) is 5. The van der Waals surface area contributed by atoms with Gasteiger partial charge in [0.2, 0.25) is 5.91 Å². The summed E-state index contributed by atoms with van der Waals surface area (Å²) in [5, 5.41) is 34.0. The Morgan fingerprint density at radius 1 is 0.690 bits per heavy atom. The van der Waals surface area contributed by atoms with Crippen LogP contribution < -0.4 is 10.6 Å². The van der Waals surface area contributed by atoms with E-state index < -0.39 is 23.2 Å². The Kier molecular flexibility index (Phi) is 20.3. The molecular formula is C34H49N3O5. The van der Waals surface area contributed by atoms with E-state index in [1.54, 1.807) is 0 Å². The number of likely N-dealkylation sites (N-methyl/N-ethyl adjacent to an activating group) is 1. The van der Waals surface area contributed by atoms with Gasteiger partial charge < -0.3 is 30.9 Å². The van der Waals surface area contributed by atoms with Crippen LogP contribution in [0.1, 0.15) is 68.6 Å². The molecule has 0 aliphatic carbocycles. The van der Waals surface area contributed by atoms with Gasteiger partial charge in [-0.3, -0.25) is 9.59 Å². The molecule has 1 aromatic carbocycles. The number of carbonyl (C=O) groups excluding carboxylic acids is 2. The molecule has 5 N–H and O–H groups in total. The second-order valence-corrected chi connectivity index (χ2v) is 9.73. The lowest BCUT2D eigenvalue weighted by molar-refractivity contribution is -0.121. The summed E-state index contributed by atoms with van der Waals surface area (Å²) in [5.74, 6) is -2.26. The molecule has 0 aromatic heterocycles. The zero-order chi connectivity index (χ0) is 30.8. The summed E-state index contributed by atoms with van der Waals surface area (Å²) < 4.78 is 0. The first-order valence-electron chi connectivity index (χ1n) is 14.7. The number of nitrogens with zero attached hydrogens (tertiary/aromatic N) is 1. The van der Waals surface area contributed by atoms with E-state index >= 15 is 0 Å². The molecule has 42 heavy (non-hydrogen) atoms. The number of carbonyl (C=O) groups is 2. The largest absolute Gasteiger partial charge is 0.504 e. The Hall–Kier alpha value is -4.04. The maximum absolute atomic E-state index is 12.1. The minimum atomic E-state index is -0.661. The third-order valence-corrected chi connectivity index (χ3v) is 6.06. The normalized spacial score (nSPS) is 12.4. The molecule has 0 spiro atoms. The van der Waals surface area contributed by atoms with Crippen molar-refractivity contribution in [1.29, 1.82) is 0 Å². The molecule has 0 heterocycles. The molecule has 0 atom stereocenters. The predicted octanol–water partition coefficient (Wildman–Crippen LogP) is 6.06. The molecule has 0 saturated heterocycles. The molecule has 230 valence electrons. The van der Waals surface area contributed by atoms with Crippen molar-refractivity contribution < 1.29 is 24.9 Å². The number of benzene rings is 1. The number of aromatic hydroxyl groups is 3. The lowest BCUT2D eigenvalue weighted by Gasteiger charge is -2.17. The van der Waals surface area contributed by atoms with Crippen LogP contribution in [0, 0.1) is 0 Å². The summed E-state index contributed by atoms with van der Waals surface area (Å²) in [6.45, 7) is 4.17. The summed E-state index contributed by atoms with van der Waals surface area (Å²) in [5.41, 5.74) is 0.0459. The van der Waals surface area contributed by atoms with Crippen LogP contribution in [0.25, 0.3) is 0 Å². The van der Waals surface area contributed by atoms with Crippen LogP contribution in [-0.2, 0) is 4.79 Å². The molecule has 0 fully saturated rings. The van der Waals surface area contributed by atoms with E-state index in [-0.39, 0.29) is 11.5 Å². The van der Waals surface area contributed by atoms with Gasteiger partial charge in [-0.05, 0) is 64.1 Å². The fraction of sp³-hybridized carbons (Fsp3) is 0.412. The Morgan fingerprint density at radius 2 is 1.12 bits per heavy atom. The van der Waals surface area contributed by atoms with Crippen LogP contribution >= 0.6 is 0 Å². The first-order chi connectivity index (χ1) is 20.3. The van der Waals surface area contributed by atoms with E-state index in [0.717, 1.165) is 50.7 Å². The van der Waals surface area contributed by atoms with Crippen molar-refractivity contribution in [3.63, 3.8) is 0 Å². The zero-order valence-corrected chi connectivity index (χ0v) is 25.2. The number of phenolic OH excluding ortho intramolecular Hbond substituents is 3. The number of allylic oxidation sites excluding steroid dienone is 12. The maximum Gasteiger partial charge on any atom is 0.251 e. The highest BCUT2D eigenvalue weighted by atomic mass is 16.3. The monoisotopic (exact) mass is 579 g/mol. The summed E-state index contributed by atoms with van der Waals surface area (Å²) in [6, 6.07) is 2.17. The quantitative estimate of drug-likeness (QED) is 0.0892. The average molecular weight is 580 g/mol. The van der Waals surface area contributed by atoms with Crippen molar-refractivity contribution in [3.05, 3.63) is 90.6 Å². The Labute approximate surface area is 251 Å². The second-order valence-electron chi connectivity index (χ2n) is 9.73. The number of nitrogens with one attached hydrogen (secondary N) is 2. The van der Waals surface area contributed by atoms with E-state index in [2.05, 4.69) is 84.4 Å². The predicted molar refractivity (Wildman–Crippen MR) is 172 cm³/mol. The Morgan fingerprint density at radius 3 is 1.60 bits per heavy atom. The van der Waals surface area contributed by atoms with Crippen molar-refractivity contribution in [2.24, 2.45) is 0 Å². The molecule has 0 aliphatic rings. The van der Waals surface area contributed by atoms with Crippen LogP contribution in [0.2, 0.25) is 0 Å². The Bertz CT molecular complexity index is 1080. The molecule has 0 radical (unpaired) electrons. The highest BCUT2D eigenvalue weighted by Crippen LogP contribution is 2.35. The van der Waals surface area contributed by atoms with Crippen molar-refractivity contribution in [1.82, 2.24) is 15.5 Å². The first kappa shape index (κ1) is 36.0. The SMILES string of the molecule is CCC=CCC=CCC=CCC=CCC=CCC=CCCC(=O)NCCN(C)CCNC(=O)c1cc(O)c(O)c(O)c1. The van der Waals surface area contributed by atoms with Gasteiger partial charge in [0.1, 0.15) is 0 Å². The van der Waals surface area contributed by atoms with Gasteiger partial charge in [-0.2, -0.15) is 0 Å². The van der Waals surface area contributed by atoms with E-state index in [1.807, 2.05) is 18.0 Å². The van der Waals surface area contributed by atoms with Gasteiger partial charge in [0, 0.05) is 38.2 Å². The number of phenols is 3. The fourth-order valence-corrected chi connectivity index (χ4v) is 3.64. The smallest absolute Gasteiger partial charge is 0.251 e. The van der Waals surface area contributed by atoms with Crippen molar-refractivity contribution in [3.8, 4) is 17.2 Å². The summed E-state index contributed by atoms with van der Waals surface area (Å²) in [6.07, 6.45) is 32.8. The van der Waals surface area contributed by atoms with Crippen LogP contribution in [-0.4, -0.2) is 65.3 Å². The molecule has 0 saturated carbocycles. The van der Waals surface area contributed by atoms with E-state index in [1.165, 1.54) is 0 Å². The van der Waals surface area contributed by atoms with E-state index in [9.17, 15) is 24.9 Å². The topological polar surface area (TPSA) is 122 Å². The summed E-state index contributed by atoms with van der Waals surface area (Å²) in [4.78, 5) is 26.1. The van der Waals surface area contributed by atoms with Gasteiger partial charge in [0.25, 0.3) is 5.91 Å².